The maximum Gasteiger partial charge on any atom is 0 e. The average molecular weight is 467 g/mol. The van der Waals surface area contributed by atoms with Crippen molar-refractivity contribution in [1.82, 2.24) is 15.1 Å². The van der Waals surface area contributed by atoms with Gasteiger partial charge in [0.25, 0.3) is 0 Å². The third-order valence-corrected chi connectivity index (χ3v) is 1.71. The van der Waals surface area contributed by atoms with Crippen molar-refractivity contribution in [3.05, 3.63) is 37.9 Å². The van der Waals surface area contributed by atoms with Crippen molar-refractivity contribution in [2.75, 3.05) is 19.6 Å². The molecule has 0 aliphatic rings. The van der Waals surface area contributed by atoms with Crippen molar-refractivity contribution >= 4 is 5.97 Å². The van der Waals surface area contributed by atoms with Crippen molar-refractivity contribution in [3.8, 4) is 0 Å². The molecule has 10 heteroatoms. The summed E-state index contributed by atoms with van der Waals surface area (Å²) in [5.74, 6) is -1.20. The van der Waals surface area contributed by atoms with Crippen LogP contribution in [0.25, 0.3) is 0 Å². The molecule has 115 valence electrons. The Bertz CT molecular complexity index is 402. The van der Waals surface area contributed by atoms with E-state index < -0.39 is 5.97 Å². The Labute approximate surface area is 135 Å². The number of hydrogen-bond acceptors (Lipinski definition) is 5. The van der Waals surface area contributed by atoms with Gasteiger partial charge in [-0.3, -0.25) is 4.68 Å². The second kappa shape index (κ2) is 23.6. The van der Waals surface area contributed by atoms with Crippen molar-refractivity contribution in [3.63, 3.8) is 0 Å². The third kappa shape index (κ3) is 16.4. The first kappa shape index (κ1) is 27.8. The number of nitrogens with zero attached hydrogens (tertiary/aromatic N) is 2. The molecular formula is C11H13N4O5Re-. The van der Waals surface area contributed by atoms with Crippen LogP contribution in [0, 0.1) is 20.0 Å². The summed E-state index contributed by atoms with van der Waals surface area (Å²) in [4.78, 5) is 10.4. The summed E-state index contributed by atoms with van der Waals surface area (Å²) in [6.45, 7) is 16.2. The fourth-order valence-electron chi connectivity index (χ4n) is 1.01. The maximum absolute atomic E-state index is 10.4. The van der Waals surface area contributed by atoms with E-state index >= 15 is 0 Å². The molecule has 0 spiro atoms. The summed E-state index contributed by atoms with van der Waals surface area (Å²) in [6.07, 6.45) is 2.72. The van der Waals surface area contributed by atoms with E-state index in [-0.39, 0.29) is 26.0 Å². The predicted molar refractivity (Wildman–Crippen MR) is 60.3 cm³/mol. The molecule has 0 saturated carbocycles. The zero-order chi connectivity index (χ0) is 16.4. The molecule has 0 bridgehead atoms. The van der Waals surface area contributed by atoms with Crippen LogP contribution in [-0.2, 0) is 40.9 Å². The summed E-state index contributed by atoms with van der Waals surface area (Å²) < 4.78 is 24.1. The molecule has 1 aromatic heterocycles. The number of aromatic carboxylic acids is 1. The first-order chi connectivity index (χ1) is 9.74. The van der Waals surface area contributed by atoms with Crippen LogP contribution in [0.15, 0.2) is 12.4 Å². The minimum atomic E-state index is -1.20. The molecule has 0 unspecified atom stereocenters. The van der Waals surface area contributed by atoms with E-state index in [9.17, 15) is 9.90 Å². The SMILES string of the molecule is NCCNCCn1cc(C(=O)[O-])cn1.[C-]#[O+].[C-]#[O+].[C-]#[O+].[Re]. The Hall–Kier alpha value is -1.52. The predicted octanol–water partition coefficient (Wildman–Crippen LogP) is -2.32. The van der Waals surface area contributed by atoms with Gasteiger partial charge in [-0.15, -0.1) is 0 Å². The van der Waals surface area contributed by atoms with Gasteiger partial charge in [-0.1, -0.05) is 0 Å². The van der Waals surface area contributed by atoms with Gasteiger partial charge in [0.05, 0.1) is 18.7 Å². The number of carboxylic acid groups (broad SMARTS) is 1. The minimum absolute atomic E-state index is 0. The normalized spacial score (nSPS) is 7.19. The van der Waals surface area contributed by atoms with Crippen LogP contribution in [0.1, 0.15) is 10.4 Å². The van der Waals surface area contributed by atoms with E-state index in [1.165, 1.54) is 12.4 Å². The minimum Gasteiger partial charge on any atom is 0 e. The Morgan fingerprint density at radius 3 is 2.19 bits per heavy atom. The molecule has 1 heterocycles. The molecule has 1 rings (SSSR count). The van der Waals surface area contributed by atoms with Gasteiger partial charge in [0.1, 0.15) is 0 Å². The Morgan fingerprint density at radius 2 is 1.81 bits per heavy atom. The van der Waals surface area contributed by atoms with E-state index in [4.69, 9.17) is 19.7 Å². The van der Waals surface area contributed by atoms with Crippen molar-refractivity contribution in [2.24, 2.45) is 5.73 Å². The average Bonchev–Trinajstić information content (AvgIpc) is 2.99. The number of carboxylic acids is 1. The zero-order valence-corrected chi connectivity index (χ0v) is 13.6. The quantitative estimate of drug-likeness (QED) is 0.273. The van der Waals surface area contributed by atoms with Gasteiger partial charge in [0.15, 0.2) is 0 Å². The van der Waals surface area contributed by atoms with Crippen molar-refractivity contribution in [1.29, 1.82) is 0 Å². The molecule has 0 saturated heterocycles. The van der Waals surface area contributed by atoms with Crippen LogP contribution in [0.2, 0.25) is 0 Å². The number of nitrogens with one attached hydrogen (secondary N) is 1. The Kier molecular flexibility index (Phi) is 31.2. The molecule has 3 N–H and O–H groups in total. The van der Waals surface area contributed by atoms with E-state index in [1.807, 2.05) is 0 Å². The molecule has 0 aliphatic heterocycles. The number of rotatable bonds is 6. The summed E-state index contributed by atoms with van der Waals surface area (Å²) in [6, 6.07) is 0. The third-order valence-electron chi connectivity index (χ3n) is 1.71. The number of nitrogens with two attached hydrogens (primary N) is 1. The number of carbonyl (C=O) groups is 1. The molecule has 0 fully saturated rings. The van der Waals surface area contributed by atoms with Gasteiger partial charge in [0, 0.05) is 51.8 Å². The summed E-state index contributed by atoms with van der Waals surface area (Å²) in [7, 11) is 0. The van der Waals surface area contributed by atoms with Crippen LogP contribution in [0.5, 0.6) is 0 Å². The second-order valence-electron chi connectivity index (χ2n) is 2.82. The molecule has 21 heavy (non-hydrogen) atoms. The van der Waals surface area contributed by atoms with Gasteiger partial charge in [-0.05, 0) is 0 Å². The number of carbonyl (C=O) groups excluding carboxylic acids is 1. The Morgan fingerprint density at radius 1 is 1.29 bits per heavy atom. The van der Waals surface area contributed by atoms with Gasteiger partial charge >= 0.3 is 33.9 Å². The van der Waals surface area contributed by atoms with Gasteiger partial charge < -0.3 is 21.0 Å². The smallest absolute Gasteiger partial charge is 0 e. The Balaban J connectivity index is -0.000000183. The summed E-state index contributed by atoms with van der Waals surface area (Å²) in [5, 5.41) is 17.3. The first-order valence-corrected chi connectivity index (χ1v) is 5.00. The monoisotopic (exact) mass is 468 g/mol. The van der Waals surface area contributed by atoms with Gasteiger partial charge in [-0.25, -0.2) is 0 Å². The fraction of sp³-hybridized carbons (Fsp3) is 0.364. The number of hydrogen-bond donors (Lipinski definition) is 2. The summed E-state index contributed by atoms with van der Waals surface area (Å²) in [5.41, 5.74) is 5.38. The van der Waals surface area contributed by atoms with Crippen LogP contribution in [0.3, 0.4) is 0 Å². The van der Waals surface area contributed by atoms with Crippen LogP contribution >= 0.6 is 0 Å². The fourth-order valence-corrected chi connectivity index (χ4v) is 1.01. The first-order valence-electron chi connectivity index (χ1n) is 5.00. The van der Waals surface area contributed by atoms with Crippen molar-refractivity contribution < 1.29 is 44.3 Å². The van der Waals surface area contributed by atoms with Crippen LogP contribution in [-0.4, -0.2) is 35.4 Å². The topological polar surface area (TPSA) is 156 Å². The van der Waals surface area contributed by atoms with Crippen LogP contribution < -0.4 is 16.2 Å². The standard InChI is InChI=1S/C8H14N4O2.3CO.Re/c9-1-2-10-3-4-12-6-7(5-11-12)8(13)14;3*1-2;/h5-6,10H,1-4,9H2,(H,13,14);;;;/p-1. The molecule has 0 aliphatic carbocycles. The molecule has 0 atom stereocenters. The zero-order valence-electron chi connectivity index (χ0n) is 10.9. The van der Waals surface area contributed by atoms with Crippen molar-refractivity contribution in [2.45, 2.75) is 6.54 Å². The molecule has 1 radical (unpaired) electrons. The molecule has 0 aromatic carbocycles. The van der Waals surface area contributed by atoms with E-state index in [2.05, 4.69) is 30.4 Å². The molecule has 0 amide bonds. The maximum atomic E-state index is 10.4. The molecular weight excluding hydrogens is 454 g/mol. The van der Waals surface area contributed by atoms with E-state index in [0.717, 1.165) is 6.54 Å². The molecule has 1 aromatic rings. The largest absolute Gasteiger partial charge is 0 e. The second-order valence-corrected chi connectivity index (χ2v) is 2.82. The number of aromatic nitrogens is 2. The van der Waals surface area contributed by atoms with E-state index in [0.29, 0.717) is 19.6 Å². The summed E-state index contributed by atoms with van der Waals surface area (Å²) >= 11 is 0. The van der Waals surface area contributed by atoms with Crippen LogP contribution in [0.4, 0.5) is 0 Å². The molecule has 9 nitrogen and oxygen atoms in total. The van der Waals surface area contributed by atoms with Gasteiger partial charge in [-0.2, -0.15) is 5.10 Å². The van der Waals surface area contributed by atoms with Gasteiger partial charge in [0.2, 0.25) is 0 Å². The van der Waals surface area contributed by atoms with E-state index in [1.54, 1.807) is 4.68 Å².